The highest BCUT2D eigenvalue weighted by Crippen LogP contribution is 2.19. The molecule has 0 radical (unpaired) electrons. The summed E-state index contributed by atoms with van der Waals surface area (Å²) in [6.45, 7) is 4.98. The van der Waals surface area contributed by atoms with Gasteiger partial charge in [-0.25, -0.2) is 0 Å². The second kappa shape index (κ2) is 4.82. The minimum atomic E-state index is 0.242. The number of aryl methyl sites for hydroxylation is 2. The van der Waals surface area contributed by atoms with Crippen LogP contribution in [0.2, 0.25) is 0 Å². The second-order valence-corrected chi connectivity index (χ2v) is 3.99. The summed E-state index contributed by atoms with van der Waals surface area (Å²) >= 11 is 0. The standard InChI is InChI=1S/C12H19N3/c1-9-4-5-11(10(2)8-9)15(3)7-6-12(13)14/h4-5,8H,6-7H2,1-3H3,(H3,13,14). The van der Waals surface area contributed by atoms with Crippen LogP contribution in [0, 0.1) is 19.3 Å². The summed E-state index contributed by atoms with van der Waals surface area (Å²) < 4.78 is 0. The van der Waals surface area contributed by atoms with E-state index in [1.165, 1.54) is 16.8 Å². The van der Waals surface area contributed by atoms with Crippen LogP contribution in [0.4, 0.5) is 5.69 Å². The number of rotatable bonds is 4. The van der Waals surface area contributed by atoms with E-state index in [0.717, 1.165) is 6.54 Å². The van der Waals surface area contributed by atoms with Gasteiger partial charge < -0.3 is 10.6 Å². The Hall–Kier alpha value is -1.51. The van der Waals surface area contributed by atoms with Crippen molar-refractivity contribution in [3.8, 4) is 0 Å². The van der Waals surface area contributed by atoms with Gasteiger partial charge in [0.05, 0.1) is 5.84 Å². The summed E-state index contributed by atoms with van der Waals surface area (Å²) in [5.74, 6) is 0.242. The van der Waals surface area contributed by atoms with E-state index in [-0.39, 0.29) is 5.84 Å². The summed E-state index contributed by atoms with van der Waals surface area (Å²) in [6.07, 6.45) is 0.615. The van der Waals surface area contributed by atoms with Crippen LogP contribution in [0.3, 0.4) is 0 Å². The zero-order valence-electron chi connectivity index (χ0n) is 9.67. The van der Waals surface area contributed by atoms with Crippen molar-refractivity contribution in [1.29, 1.82) is 5.41 Å². The van der Waals surface area contributed by atoms with Crippen molar-refractivity contribution in [2.24, 2.45) is 5.73 Å². The molecule has 0 atom stereocenters. The molecule has 0 aromatic heterocycles. The van der Waals surface area contributed by atoms with Crippen molar-refractivity contribution >= 4 is 11.5 Å². The van der Waals surface area contributed by atoms with Crippen LogP contribution in [0.1, 0.15) is 17.5 Å². The Morgan fingerprint density at radius 3 is 2.60 bits per heavy atom. The number of hydrogen-bond acceptors (Lipinski definition) is 2. The number of anilines is 1. The topological polar surface area (TPSA) is 53.1 Å². The highest BCUT2D eigenvalue weighted by atomic mass is 15.1. The molecule has 0 fully saturated rings. The first-order chi connectivity index (χ1) is 7.00. The number of hydrogen-bond donors (Lipinski definition) is 2. The molecule has 0 saturated carbocycles. The van der Waals surface area contributed by atoms with Crippen LogP contribution in [-0.2, 0) is 0 Å². The maximum atomic E-state index is 7.19. The molecule has 0 aliphatic carbocycles. The lowest BCUT2D eigenvalue weighted by Gasteiger charge is -2.21. The molecule has 1 rings (SSSR count). The Kier molecular flexibility index (Phi) is 3.72. The van der Waals surface area contributed by atoms with Gasteiger partial charge >= 0.3 is 0 Å². The van der Waals surface area contributed by atoms with Gasteiger partial charge in [-0.1, -0.05) is 17.7 Å². The molecule has 0 heterocycles. The van der Waals surface area contributed by atoms with Crippen LogP contribution >= 0.6 is 0 Å². The molecule has 3 heteroatoms. The third-order valence-corrected chi connectivity index (χ3v) is 2.48. The van der Waals surface area contributed by atoms with Gasteiger partial charge in [-0.3, -0.25) is 5.41 Å². The highest BCUT2D eigenvalue weighted by Gasteiger charge is 2.04. The fourth-order valence-electron chi connectivity index (χ4n) is 1.64. The SMILES string of the molecule is Cc1ccc(N(C)CCC(=N)N)c(C)c1. The average Bonchev–Trinajstić information content (AvgIpc) is 2.14. The van der Waals surface area contributed by atoms with Gasteiger partial charge in [-0.15, -0.1) is 0 Å². The van der Waals surface area contributed by atoms with Crippen molar-refractivity contribution in [2.45, 2.75) is 20.3 Å². The molecule has 0 saturated heterocycles. The molecule has 0 aliphatic heterocycles. The van der Waals surface area contributed by atoms with Crippen molar-refractivity contribution in [3.63, 3.8) is 0 Å². The Balaban J connectivity index is 2.73. The molecule has 82 valence electrons. The molecule has 3 nitrogen and oxygen atoms in total. The Bertz CT molecular complexity index is 358. The number of benzene rings is 1. The predicted octanol–water partition coefficient (Wildman–Crippen LogP) is 2.07. The minimum Gasteiger partial charge on any atom is -0.388 e. The van der Waals surface area contributed by atoms with Crippen molar-refractivity contribution in [1.82, 2.24) is 0 Å². The Morgan fingerprint density at radius 2 is 2.07 bits per heavy atom. The monoisotopic (exact) mass is 205 g/mol. The first kappa shape index (κ1) is 11.6. The molecule has 15 heavy (non-hydrogen) atoms. The lowest BCUT2D eigenvalue weighted by Crippen LogP contribution is -2.24. The van der Waals surface area contributed by atoms with Crippen molar-refractivity contribution in [3.05, 3.63) is 29.3 Å². The molecule has 0 bridgehead atoms. The fourth-order valence-corrected chi connectivity index (χ4v) is 1.64. The predicted molar refractivity (Wildman–Crippen MR) is 65.7 cm³/mol. The number of amidine groups is 1. The van der Waals surface area contributed by atoms with Crippen LogP contribution in [-0.4, -0.2) is 19.4 Å². The zero-order chi connectivity index (χ0) is 11.4. The average molecular weight is 205 g/mol. The zero-order valence-corrected chi connectivity index (χ0v) is 9.67. The van der Waals surface area contributed by atoms with Gasteiger partial charge in [-0.05, 0) is 25.5 Å². The second-order valence-electron chi connectivity index (χ2n) is 3.99. The van der Waals surface area contributed by atoms with Gasteiger partial charge in [0.1, 0.15) is 0 Å². The van der Waals surface area contributed by atoms with E-state index >= 15 is 0 Å². The molecule has 0 spiro atoms. The molecule has 1 aromatic rings. The summed E-state index contributed by atoms with van der Waals surface area (Å²) in [6, 6.07) is 6.39. The van der Waals surface area contributed by atoms with E-state index in [1.54, 1.807) is 0 Å². The summed E-state index contributed by atoms with van der Waals surface area (Å²) in [5.41, 5.74) is 9.09. The number of nitrogens with one attached hydrogen (secondary N) is 1. The third-order valence-electron chi connectivity index (χ3n) is 2.48. The largest absolute Gasteiger partial charge is 0.388 e. The number of nitrogens with zero attached hydrogens (tertiary/aromatic N) is 1. The van der Waals surface area contributed by atoms with E-state index in [4.69, 9.17) is 11.1 Å². The number of nitrogens with two attached hydrogens (primary N) is 1. The highest BCUT2D eigenvalue weighted by molar-refractivity contribution is 5.77. The van der Waals surface area contributed by atoms with Crippen LogP contribution in [0.15, 0.2) is 18.2 Å². The normalized spacial score (nSPS) is 10.1. The van der Waals surface area contributed by atoms with E-state index in [2.05, 4.69) is 36.9 Å². The van der Waals surface area contributed by atoms with E-state index in [1.807, 2.05) is 7.05 Å². The minimum absolute atomic E-state index is 0.242. The first-order valence-electron chi connectivity index (χ1n) is 5.12. The van der Waals surface area contributed by atoms with Gasteiger partial charge in [-0.2, -0.15) is 0 Å². The molecule has 0 aliphatic rings. The molecular weight excluding hydrogens is 186 g/mol. The summed E-state index contributed by atoms with van der Waals surface area (Å²) in [4.78, 5) is 2.14. The smallest absolute Gasteiger partial charge is 0.0923 e. The van der Waals surface area contributed by atoms with Gasteiger partial charge in [0, 0.05) is 25.7 Å². The Morgan fingerprint density at radius 1 is 1.40 bits per heavy atom. The summed E-state index contributed by atoms with van der Waals surface area (Å²) in [7, 11) is 2.03. The fraction of sp³-hybridized carbons (Fsp3) is 0.417. The molecule has 0 amide bonds. The van der Waals surface area contributed by atoms with Gasteiger partial charge in [0.15, 0.2) is 0 Å². The van der Waals surface area contributed by atoms with E-state index in [0.29, 0.717) is 6.42 Å². The molecule has 0 unspecified atom stereocenters. The maximum absolute atomic E-state index is 7.19. The van der Waals surface area contributed by atoms with Gasteiger partial charge in [0.25, 0.3) is 0 Å². The van der Waals surface area contributed by atoms with Crippen molar-refractivity contribution < 1.29 is 0 Å². The van der Waals surface area contributed by atoms with Crippen LogP contribution < -0.4 is 10.6 Å². The summed E-state index contributed by atoms with van der Waals surface area (Å²) in [5, 5.41) is 7.19. The lowest BCUT2D eigenvalue weighted by molar-refractivity contribution is 0.905. The molecule has 3 N–H and O–H groups in total. The van der Waals surface area contributed by atoms with Crippen molar-refractivity contribution in [2.75, 3.05) is 18.5 Å². The lowest BCUT2D eigenvalue weighted by atomic mass is 10.1. The first-order valence-corrected chi connectivity index (χ1v) is 5.12. The van der Waals surface area contributed by atoms with Gasteiger partial charge in [0.2, 0.25) is 0 Å². The Labute approximate surface area is 91.4 Å². The molecular formula is C12H19N3. The van der Waals surface area contributed by atoms with E-state index < -0.39 is 0 Å². The third kappa shape index (κ3) is 3.27. The quantitative estimate of drug-likeness (QED) is 0.584. The van der Waals surface area contributed by atoms with E-state index in [9.17, 15) is 0 Å². The van der Waals surface area contributed by atoms with Crippen LogP contribution in [0.25, 0.3) is 0 Å². The van der Waals surface area contributed by atoms with Crippen LogP contribution in [0.5, 0.6) is 0 Å². The maximum Gasteiger partial charge on any atom is 0.0923 e. The molecule has 1 aromatic carbocycles.